The SMILES string of the molecule is CC1CCC(C)N(C(=O)NC(CC(=O)O)C(C)(C)C)C1. The predicted octanol–water partition coefficient (Wildman–Crippen LogP) is 2.71. The summed E-state index contributed by atoms with van der Waals surface area (Å²) in [6, 6.07) is -0.279. The number of urea groups is 1. The van der Waals surface area contributed by atoms with Gasteiger partial charge in [-0.05, 0) is 31.1 Å². The van der Waals surface area contributed by atoms with Gasteiger partial charge in [-0.2, -0.15) is 0 Å². The van der Waals surface area contributed by atoms with Gasteiger partial charge in [0.05, 0.1) is 6.42 Å². The van der Waals surface area contributed by atoms with Crippen molar-refractivity contribution in [2.45, 2.75) is 66.0 Å². The summed E-state index contributed by atoms with van der Waals surface area (Å²) in [5.74, 6) is -0.380. The van der Waals surface area contributed by atoms with Gasteiger partial charge in [0, 0.05) is 18.6 Å². The lowest BCUT2D eigenvalue weighted by Gasteiger charge is -2.39. The van der Waals surface area contributed by atoms with Crippen molar-refractivity contribution in [3.05, 3.63) is 0 Å². The molecular weight excluding hydrogens is 256 g/mol. The van der Waals surface area contributed by atoms with Crippen molar-refractivity contribution in [1.29, 1.82) is 0 Å². The number of carboxylic acids is 1. The Morgan fingerprint density at radius 3 is 2.40 bits per heavy atom. The first-order valence-electron chi connectivity index (χ1n) is 7.40. The molecule has 3 unspecified atom stereocenters. The van der Waals surface area contributed by atoms with Crippen LogP contribution in [0.2, 0.25) is 0 Å². The molecule has 0 bridgehead atoms. The molecule has 20 heavy (non-hydrogen) atoms. The first-order valence-corrected chi connectivity index (χ1v) is 7.40. The van der Waals surface area contributed by atoms with Crippen LogP contribution in [0.15, 0.2) is 0 Å². The van der Waals surface area contributed by atoms with E-state index in [-0.39, 0.29) is 30.0 Å². The van der Waals surface area contributed by atoms with E-state index in [0.29, 0.717) is 5.92 Å². The van der Waals surface area contributed by atoms with Crippen LogP contribution in [0.3, 0.4) is 0 Å². The van der Waals surface area contributed by atoms with Crippen molar-refractivity contribution < 1.29 is 14.7 Å². The Hall–Kier alpha value is -1.26. The molecule has 0 aliphatic carbocycles. The molecule has 1 heterocycles. The summed E-state index contributed by atoms with van der Waals surface area (Å²) in [5.41, 5.74) is -0.279. The van der Waals surface area contributed by atoms with Gasteiger partial charge in [-0.15, -0.1) is 0 Å². The minimum Gasteiger partial charge on any atom is -0.481 e. The lowest BCUT2D eigenvalue weighted by atomic mass is 9.85. The molecule has 1 aliphatic heterocycles. The maximum atomic E-state index is 12.4. The fourth-order valence-corrected chi connectivity index (χ4v) is 2.55. The van der Waals surface area contributed by atoms with Crippen molar-refractivity contribution in [2.24, 2.45) is 11.3 Å². The molecule has 5 nitrogen and oxygen atoms in total. The van der Waals surface area contributed by atoms with E-state index in [9.17, 15) is 9.59 Å². The third-order valence-electron chi connectivity index (χ3n) is 4.10. The van der Waals surface area contributed by atoms with E-state index < -0.39 is 5.97 Å². The highest BCUT2D eigenvalue weighted by atomic mass is 16.4. The van der Waals surface area contributed by atoms with Crippen LogP contribution in [0.1, 0.15) is 53.9 Å². The Morgan fingerprint density at radius 1 is 1.30 bits per heavy atom. The van der Waals surface area contributed by atoms with E-state index in [1.165, 1.54) is 0 Å². The molecule has 0 radical (unpaired) electrons. The number of rotatable bonds is 3. The van der Waals surface area contributed by atoms with Gasteiger partial charge in [0.15, 0.2) is 0 Å². The van der Waals surface area contributed by atoms with Crippen LogP contribution in [0.25, 0.3) is 0 Å². The highest BCUT2D eigenvalue weighted by Gasteiger charge is 2.32. The summed E-state index contributed by atoms with van der Waals surface area (Å²) in [4.78, 5) is 25.2. The van der Waals surface area contributed by atoms with Gasteiger partial charge in [-0.1, -0.05) is 27.7 Å². The first kappa shape index (κ1) is 16.8. The van der Waals surface area contributed by atoms with Crippen molar-refractivity contribution in [3.63, 3.8) is 0 Å². The Morgan fingerprint density at radius 2 is 1.90 bits per heavy atom. The molecule has 0 aromatic rings. The summed E-state index contributed by atoms with van der Waals surface area (Å²) in [7, 11) is 0. The van der Waals surface area contributed by atoms with Crippen molar-refractivity contribution >= 4 is 12.0 Å². The average Bonchev–Trinajstić information content (AvgIpc) is 2.29. The van der Waals surface area contributed by atoms with Crippen LogP contribution in [0.5, 0.6) is 0 Å². The number of aliphatic carboxylic acids is 1. The van der Waals surface area contributed by atoms with Crippen molar-refractivity contribution in [3.8, 4) is 0 Å². The van der Waals surface area contributed by atoms with Crippen LogP contribution in [0, 0.1) is 11.3 Å². The number of nitrogens with zero attached hydrogens (tertiary/aromatic N) is 1. The lowest BCUT2D eigenvalue weighted by Crippen LogP contribution is -2.54. The number of amides is 2. The second-order valence-corrected chi connectivity index (χ2v) is 7.15. The average molecular weight is 284 g/mol. The molecule has 1 rings (SSSR count). The zero-order valence-electron chi connectivity index (χ0n) is 13.3. The van der Waals surface area contributed by atoms with Gasteiger partial charge in [0.25, 0.3) is 0 Å². The first-order chi connectivity index (χ1) is 9.11. The molecule has 0 aromatic heterocycles. The van der Waals surface area contributed by atoms with Gasteiger partial charge in [0.2, 0.25) is 0 Å². The zero-order chi connectivity index (χ0) is 15.5. The van der Waals surface area contributed by atoms with Gasteiger partial charge in [-0.3, -0.25) is 4.79 Å². The molecule has 2 amide bonds. The molecule has 3 atom stereocenters. The molecule has 116 valence electrons. The molecule has 0 aromatic carbocycles. The van der Waals surface area contributed by atoms with Crippen LogP contribution in [-0.2, 0) is 4.79 Å². The molecule has 1 aliphatic rings. The number of carbonyl (C=O) groups excluding carboxylic acids is 1. The van der Waals surface area contributed by atoms with E-state index >= 15 is 0 Å². The second-order valence-electron chi connectivity index (χ2n) is 7.15. The topological polar surface area (TPSA) is 69.6 Å². The maximum absolute atomic E-state index is 12.4. The molecular formula is C15H28N2O3. The minimum atomic E-state index is -0.884. The number of likely N-dealkylation sites (tertiary alicyclic amines) is 1. The Bertz CT molecular complexity index is 363. The molecule has 1 fully saturated rings. The summed E-state index contributed by atoms with van der Waals surface area (Å²) in [6.45, 7) is 10.8. The van der Waals surface area contributed by atoms with Gasteiger partial charge < -0.3 is 15.3 Å². The fraction of sp³-hybridized carbons (Fsp3) is 0.867. The quantitative estimate of drug-likeness (QED) is 0.837. The standard InChI is InChI=1S/C15H28N2O3/c1-10-6-7-11(2)17(9-10)14(20)16-12(8-13(18)19)15(3,4)5/h10-12H,6-9H2,1-5H3,(H,16,20)(H,18,19). The monoisotopic (exact) mass is 284 g/mol. The van der Waals surface area contributed by atoms with Gasteiger partial charge >= 0.3 is 12.0 Å². The summed E-state index contributed by atoms with van der Waals surface area (Å²) < 4.78 is 0. The van der Waals surface area contributed by atoms with Crippen LogP contribution >= 0.6 is 0 Å². The van der Waals surface area contributed by atoms with E-state index in [1.807, 2.05) is 25.7 Å². The largest absolute Gasteiger partial charge is 0.481 e. The zero-order valence-corrected chi connectivity index (χ0v) is 13.3. The van der Waals surface area contributed by atoms with Crippen LogP contribution in [-0.4, -0.2) is 40.6 Å². The van der Waals surface area contributed by atoms with E-state index in [4.69, 9.17) is 5.11 Å². The van der Waals surface area contributed by atoms with Crippen molar-refractivity contribution in [2.75, 3.05) is 6.54 Å². The molecule has 1 saturated heterocycles. The number of hydrogen-bond acceptors (Lipinski definition) is 2. The van der Waals surface area contributed by atoms with E-state index in [2.05, 4.69) is 19.2 Å². The van der Waals surface area contributed by atoms with Gasteiger partial charge in [-0.25, -0.2) is 4.79 Å². The highest BCUT2D eigenvalue weighted by Crippen LogP contribution is 2.24. The third kappa shape index (κ3) is 4.69. The number of carboxylic acid groups (broad SMARTS) is 1. The van der Waals surface area contributed by atoms with E-state index in [0.717, 1.165) is 19.4 Å². The smallest absolute Gasteiger partial charge is 0.317 e. The predicted molar refractivity (Wildman–Crippen MR) is 78.6 cm³/mol. The third-order valence-corrected chi connectivity index (χ3v) is 4.10. The highest BCUT2D eigenvalue weighted by molar-refractivity contribution is 5.76. The second kappa shape index (κ2) is 6.46. The normalized spacial score (nSPS) is 25.1. The summed E-state index contributed by atoms with van der Waals surface area (Å²) >= 11 is 0. The Labute approximate surface area is 121 Å². The lowest BCUT2D eigenvalue weighted by molar-refractivity contribution is -0.138. The van der Waals surface area contributed by atoms with Crippen LogP contribution in [0.4, 0.5) is 4.79 Å². The minimum absolute atomic E-state index is 0.0486. The number of carbonyl (C=O) groups is 2. The Balaban J connectivity index is 2.72. The van der Waals surface area contributed by atoms with Crippen LogP contribution < -0.4 is 5.32 Å². The number of piperidine rings is 1. The maximum Gasteiger partial charge on any atom is 0.317 e. The molecule has 5 heteroatoms. The fourth-order valence-electron chi connectivity index (χ4n) is 2.55. The van der Waals surface area contributed by atoms with Crippen molar-refractivity contribution in [1.82, 2.24) is 10.2 Å². The molecule has 2 N–H and O–H groups in total. The van der Waals surface area contributed by atoms with E-state index in [1.54, 1.807) is 0 Å². The molecule has 0 spiro atoms. The number of nitrogens with one attached hydrogen (secondary N) is 1. The molecule has 0 saturated carbocycles. The Kier molecular flexibility index (Phi) is 5.42. The summed E-state index contributed by atoms with van der Waals surface area (Å²) in [5, 5.41) is 11.9. The van der Waals surface area contributed by atoms with Gasteiger partial charge in [0.1, 0.15) is 0 Å². The number of hydrogen-bond donors (Lipinski definition) is 2. The summed E-state index contributed by atoms with van der Waals surface area (Å²) in [6.07, 6.45) is 2.10.